The van der Waals surface area contributed by atoms with Crippen LogP contribution in [-0.4, -0.2) is 31.1 Å². The van der Waals surface area contributed by atoms with Gasteiger partial charge in [-0.2, -0.15) is 0 Å². The highest BCUT2D eigenvalue weighted by atomic mass is 32.1. The third-order valence-corrected chi connectivity index (χ3v) is 5.61. The maximum Gasteiger partial charge on any atom is 0.191 e. The fraction of sp³-hybridized carbons (Fsp3) is 0.350. The van der Waals surface area contributed by atoms with Crippen LogP contribution in [0.3, 0.4) is 0 Å². The fourth-order valence-corrected chi connectivity index (χ4v) is 3.89. The Labute approximate surface area is 153 Å². The van der Waals surface area contributed by atoms with Gasteiger partial charge in [-0.05, 0) is 42.0 Å². The molecule has 0 bridgehead atoms. The van der Waals surface area contributed by atoms with Gasteiger partial charge in [-0.15, -0.1) is 11.3 Å². The minimum absolute atomic E-state index is 0.481. The molecule has 3 aromatic rings. The topological polar surface area (TPSA) is 52.2 Å². The lowest BCUT2D eigenvalue weighted by Gasteiger charge is -2.15. The molecule has 0 saturated heterocycles. The molecule has 2 heterocycles. The molecule has 2 aromatic heterocycles. The lowest BCUT2D eigenvalue weighted by molar-refractivity contribution is 0.707. The van der Waals surface area contributed by atoms with Crippen molar-refractivity contribution in [3.8, 4) is 0 Å². The first kappa shape index (κ1) is 17.5. The van der Waals surface area contributed by atoms with Crippen molar-refractivity contribution in [1.82, 2.24) is 15.6 Å². The van der Waals surface area contributed by atoms with Gasteiger partial charge in [0.1, 0.15) is 0 Å². The Kier molecular flexibility index (Phi) is 5.76. The SMILES string of the molecule is CN=C(NCCc1c[nH]c2cccc(C)c12)NCC(C)c1cccs1. The Morgan fingerprint density at radius 2 is 2.12 bits per heavy atom. The van der Waals surface area contributed by atoms with Gasteiger partial charge in [0.2, 0.25) is 0 Å². The Balaban J connectivity index is 1.51. The number of hydrogen-bond acceptors (Lipinski definition) is 2. The van der Waals surface area contributed by atoms with Crippen LogP contribution in [0.4, 0.5) is 0 Å². The average molecular weight is 355 g/mol. The minimum atomic E-state index is 0.481. The van der Waals surface area contributed by atoms with Gasteiger partial charge in [-0.1, -0.05) is 25.1 Å². The van der Waals surface area contributed by atoms with Crippen molar-refractivity contribution in [1.29, 1.82) is 0 Å². The third-order valence-electron chi connectivity index (χ3n) is 4.51. The van der Waals surface area contributed by atoms with E-state index in [0.717, 1.165) is 25.5 Å². The summed E-state index contributed by atoms with van der Waals surface area (Å²) in [6, 6.07) is 10.7. The van der Waals surface area contributed by atoms with Crippen LogP contribution in [-0.2, 0) is 6.42 Å². The van der Waals surface area contributed by atoms with Crippen LogP contribution < -0.4 is 10.6 Å². The van der Waals surface area contributed by atoms with Gasteiger partial charge in [-0.3, -0.25) is 4.99 Å². The van der Waals surface area contributed by atoms with E-state index in [2.05, 4.69) is 76.4 Å². The molecule has 132 valence electrons. The van der Waals surface area contributed by atoms with E-state index in [-0.39, 0.29) is 0 Å². The van der Waals surface area contributed by atoms with E-state index in [0.29, 0.717) is 5.92 Å². The van der Waals surface area contributed by atoms with Crippen LogP contribution in [0.2, 0.25) is 0 Å². The number of aliphatic imine (C=N–C) groups is 1. The molecule has 0 aliphatic carbocycles. The van der Waals surface area contributed by atoms with Gasteiger partial charge < -0.3 is 15.6 Å². The largest absolute Gasteiger partial charge is 0.361 e. The molecule has 0 amide bonds. The van der Waals surface area contributed by atoms with Crippen molar-refractivity contribution in [2.24, 2.45) is 4.99 Å². The van der Waals surface area contributed by atoms with Crippen molar-refractivity contribution >= 4 is 28.2 Å². The summed E-state index contributed by atoms with van der Waals surface area (Å²) in [5.74, 6) is 1.34. The Morgan fingerprint density at radius 1 is 1.24 bits per heavy atom. The number of nitrogens with zero attached hydrogens (tertiary/aromatic N) is 1. The maximum absolute atomic E-state index is 4.33. The minimum Gasteiger partial charge on any atom is -0.361 e. The van der Waals surface area contributed by atoms with E-state index in [9.17, 15) is 0 Å². The lowest BCUT2D eigenvalue weighted by Crippen LogP contribution is -2.39. The Morgan fingerprint density at radius 3 is 2.88 bits per heavy atom. The molecule has 0 radical (unpaired) electrons. The smallest absolute Gasteiger partial charge is 0.191 e. The molecule has 4 nitrogen and oxygen atoms in total. The second-order valence-corrected chi connectivity index (χ2v) is 7.34. The zero-order valence-corrected chi connectivity index (χ0v) is 15.9. The molecular formula is C20H26N4S. The third kappa shape index (κ3) is 4.23. The lowest BCUT2D eigenvalue weighted by atomic mass is 10.1. The number of fused-ring (bicyclic) bond motifs is 1. The van der Waals surface area contributed by atoms with Gasteiger partial charge in [0.25, 0.3) is 0 Å². The van der Waals surface area contributed by atoms with Gasteiger partial charge >= 0.3 is 0 Å². The van der Waals surface area contributed by atoms with Crippen molar-refractivity contribution < 1.29 is 0 Å². The monoisotopic (exact) mass is 354 g/mol. The van der Waals surface area contributed by atoms with Gasteiger partial charge in [0, 0.05) is 48.0 Å². The second-order valence-electron chi connectivity index (χ2n) is 6.36. The first-order valence-corrected chi connectivity index (χ1v) is 9.60. The first-order chi connectivity index (χ1) is 12.2. The zero-order chi connectivity index (χ0) is 17.6. The summed E-state index contributed by atoms with van der Waals surface area (Å²) < 4.78 is 0. The van der Waals surface area contributed by atoms with E-state index in [4.69, 9.17) is 0 Å². The van der Waals surface area contributed by atoms with E-state index in [1.807, 2.05) is 7.05 Å². The molecular weight excluding hydrogens is 328 g/mol. The number of aromatic amines is 1. The highest BCUT2D eigenvalue weighted by Gasteiger charge is 2.08. The van der Waals surface area contributed by atoms with Crippen molar-refractivity contribution in [2.45, 2.75) is 26.2 Å². The van der Waals surface area contributed by atoms with Crippen LogP contribution in [0.5, 0.6) is 0 Å². The van der Waals surface area contributed by atoms with E-state index in [1.165, 1.54) is 26.9 Å². The number of aromatic nitrogens is 1. The number of rotatable bonds is 6. The molecule has 0 fully saturated rings. The average Bonchev–Trinajstić information content (AvgIpc) is 3.28. The Bertz CT molecular complexity index is 833. The van der Waals surface area contributed by atoms with Crippen molar-refractivity contribution in [3.63, 3.8) is 0 Å². The molecule has 0 saturated carbocycles. The van der Waals surface area contributed by atoms with Crippen LogP contribution in [0.25, 0.3) is 10.9 Å². The number of nitrogens with one attached hydrogen (secondary N) is 3. The summed E-state index contributed by atoms with van der Waals surface area (Å²) in [5, 5.41) is 10.3. The van der Waals surface area contributed by atoms with Crippen LogP contribution in [0.15, 0.2) is 46.9 Å². The normalized spacial score (nSPS) is 13.2. The number of benzene rings is 1. The van der Waals surface area contributed by atoms with Gasteiger partial charge in [-0.25, -0.2) is 0 Å². The molecule has 5 heteroatoms. The fourth-order valence-electron chi connectivity index (χ4n) is 3.11. The number of guanidine groups is 1. The molecule has 3 N–H and O–H groups in total. The molecule has 0 aliphatic heterocycles. The summed E-state index contributed by atoms with van der Waals surface area (Å²) in [4.78, 5) is 9.09. The summed E-state index contributed by atoms with van der Waals surface area (Å²) in [5.41, 5.74) is 3.88. The molecule has 3 rings (SSSR count). The predicted octanol–water partition coefficient (Wildman–Crippen LogP) is 4.05. The zero-order valence-electron chi connectivity index (χ0n) is 15.1. The molecule has 1 unspecified atom stereocenters. The number of H-pyrrole nitrogens is 1. The summed E-state index contributed by atoms with van der Waals surface area (Å²) in [6.07, 6.45) is 3.08. The standard InChI is InChI=1S/C20H26N4S/c1-14-6-4-7-17-19(14)16(13-23-17)9-10-22-20(21-3)24-12-15(2)18-8-5-11-25-18/h4-8,11,13,15,23H,9-10,12H2,1-3H3,(H2,21,22,24). The van der Waals surface area contributed by atoms with E-state index >= 15 is 0 Å². The molecule has 0 aliphatic rings. The van der Waals surface area contributed by atoms with Crippen molar-refractivity contribution in [2.75, 3.05) is 20.1 Å². The predicted molar refractivity (Wildman–Crippen MR) is 109 cm³/mol. The summed E-state index contributed by atoms with van der Waals surface area (Å²) in [7, 11) is 1.82. The molecule has 1 aromatic carbocycles. The van der Waals surface area contributed by atoms with Gasteiger partial charge in [0.05, 0.1) is 0 Å². The number of hydrogen-bond donors (Lipinski definition) is 3. The Hall–Kier alpha value is -2.27. The summed E-state index contributed by atoms with van der Waals surface area (Å²) in [6.45, 7) is 6.14. The van der Waals surface area contributed by atoms with Crippen LogP contribution in [0.1, 0.15) is 28.8 Å². The van der Waals surface area contributed by atoms with Crippen LogP contribution in [0, 0.1) is 6.92 Å². The molecule has 0 spiro atoms. The van der Waals surface area contributed by atoms with Gasteiger partial charge in [0.15, 0.2) is 5.96 Å². The van der Waals surface area contributed by atoms with E-state index in [1.54, 1.807) is 11.3 Å². The van der Waals surface area contributed by atoms with E-state index < -0.39 is 0 Å². The maximum atomic E-state index is 4.33. The number of aryl methyl sites for hydroxylation is 1. The second kappa shape index (κ2) is 8.21. The summed E-state index contributed by atoms with van der Waals surface area (Å²) >= 11 is 1.81. The first-order valence-electron chi connectivity index (χ1n) is 8.72. The quantitative estimate of drug-likeness (QED) is 0.462. The number of thiophene rings is 1. The van der Waals surface area contributed by atoms with Crippen LogP contribution >= 0.6 is 11.3 Å². The molecule has 25 heavy (non-hydrogen) atoms. The highest BCUT2D eigenvalue weighted by molar-refractivity contribution is 7.10. The highest BCUT2D eigenvalue weighted by Crippen LogP contribution is 2.22. The molecule has 1 atom stereocenters. The van der Waals surface area contributed by atoms with Crippen molar-refractivity contribution in [3.05, 3.63) is 57.9 Å².